The Balaban J connectivity index is -0.000000143. The first kappa shape index (κ1) is 33.9. The van der Waals surface area contributed by atoms with E-state index >= 15 is 0 Å². The van der Waals surface area contributed by atoms with E-state index in [-0.39, 0.29) is 34.1 Å². The van der Waals surface area contributed by atoms with E-state index in [1.165, 1.54) is 25.7 Å². The topological polar surface area (TPSA) is 63.2 Å². The zero-order valence-electron chi connectivity index (χ0n) is 13.2. The van der Waals surface area contributed by atoms with Crippen LogP contribution in [-0.4, -0.2) is 25.7 Å². The monoisotopic (exact) mass is 526 g/mol. The van der Waals surface area contributed by atoms with Gasteiger partial charge in [-0.25, -0.2) is 0 Å². The van der Waals surface area contributed by atoms with Crippen LogP contribution in [-0.2, 0) is 54.4 Å². The third kappa shape index (κ3) is 49.7. The van der Waals surface area contributed by atoms with Crippen LogP contribution in [0.5, 0.6) is 0 Å². The fourth-order valence-corrected chi connectivity index (χ4v) is 1.36. The van der Waals surface area contributed by atoms with Crippen LogP contribution in [0.25, 0.3) is 0 Å². The molecule has 0 saturated carbocycles. The minimum absolute atomic E-state index is 0. The van der Waals surface area contributed by atoms with Gasteiger partial charge in [0.15, 0.2) is 0 Å². The molecule has 0 atom stereocenters. The van der Waals surface area contributed by atoms with Gasteiger partial charge in [0, 0.05) is 12.8 Å². The van der Waals surface area contributed by atoms with Gasteiger partial charge in [-0.05, 0) is 43.3 Å². The Morgan fingerprint density at radius 1 is 0.846 bits per heavy atom. The zero-order chi connectivity index (χ0) is 19.3. The number of hydrogen-bond acceptors (Lipinski definition) is 4. The molecule has 1 aliphatic carbocycles. The fourth-order valence-electron chi connectivity index (χ4n) is 1.36. The van der Waals surface area contributed by atoms with E-state index in [0.29, 0.717) is 0 Å². The summed E-state index contributed by atoms with van der Waals surface area (Å²) < 4.78 is 94.3. The Bertz CT molecular complexity index is 441. The first-order valence-electron chi connectivity index (χ1n) is 6.82. The number of hydrogen-bond donors (Lipinski definition) is 0. The summed E-state index contributed by atoms with van der Waals surface area (Å²) in [4.78, 5) is 0. The molecule has 1 rings (SSSR count). The fraction of sp³-hybridized carbons (Fsp3) is 0.692. The van der Waals surface area contributed by atoms with E-state index < -0.39 is 40.7 Å². The van der Waals surface area contributed by atoms with Crippen molar-refractivity contribution in [1.29, 1.82) is 0 Å². The molecule has 0 spiro atoms. The Labute approximate surface area is 175 Å². The second-order valence-electron chi connectivity index (χ2n) is 4.63. The van der Waals surface area contributed by atoms with E-state index in [1.54, 1.807) is 0 Å². The van der Waals surface area contributed by atoms with Crippen molar-refractivity contribution in [3.05, 3.63) is 24.3 Å². The van der Waals surface area contributed by atoms with Gasteiger partial charge >= 0.3 is 46.5 Å². The van der Waals surface area contributed by atoms with E-state index in [2.05, 4.69) is 35.5 Å². The van der Waals surface area contributed by atoms with Gasteiger partial charge in [0.05, 0.1) is 0 Å². The van der Waals surface area contributed by atoms with Gasteiger partial charge in [0.25, 0.3) is 0 Å². The van der Waals surface area contributed by atoms with Crippen LogP contribution in [0, 0.1) is 0 Å². The summed E-state index contributed by atoms with van der Waals surface area (Å²) in [5, 5.41) is 0. The van der Waals surface area contributed by atoms with Crippen LogP contribution >= 0.6 is 0 Å². The third-order valence-corrected chi connectivity index (χ3v) is 2.30. The molecule has 0 radical (unpaired) electrons. The summed E-state index contributed by atoms with van der Waals surface area (Å²) in [7, 11) is -4.33. The average Bonchev–Trinajstić information content (AvgIpc) is 2.21. The van der Waals surface area contributed by atoms with Gasteiger partial charge < -0.3 is 9.11 Å². The van der Waals surface area contributed by atoms with Crippen LogP contribution in [0.1, 0.15) is 44.9 Å². The van der Waals surface area contributed by atoms with Gasteiger partial charge in [-0.15, -0.1) is 9.05 Å². The second kappa shape index (κ2) is 17.5. The molecule has 0 bridgehead atoms. The van der Waals surface area contributed by atoms with Crippen LogP contribution < -0.4 is 0 Å². The second-order valence-corrected chi connectivity index (χ2v) is 6.67. The number of allylic oxidation sites excluding steroid dienone is 4. The Hall–Kier alpha value is 0.389. The number of halogens is 6. The van der Waals surface area contributed by atoms with Crippen molar-refractivity contribution in [2.24, 2.45) is 0 Å². The minimum atomic E-state index is -4.48. The maximum absolute atomic E-state index is 11.3. The largest absolute Gasteiger partial charge is 1.00 e. The van der Waals surface area contributed by atoms with Gasteiger partial charge in [0.1, 0.15) is 0 Å². The number of alkyl halides is 6. The minimum Gasteiger partial charge on any atom is -0.780 e. The molecule has 1 aliphatic rings. The molecule has 13 heteroatoms. The predicted octanol–water partition coefficient (Wildman–Crippen LogP) is 4.94. The maximum Gasteiger partial charge on any atom is 1.00 e. The molecule has 3 nitrogen and oxygen atoms in total. The molecule has 0 aromatic heterocycles. The Morgan fingerprint density at radius 3 is 1.35 bits per heavy atom. The van der Waals surface area contributed by atoms with E-state index in [0.717, 1.165) is 0 Å². The van der Waals surface area contributed by atoms with Crippen molar-refractivity contribution < 1.29 is 73.8 Å². The quantitative estimate of drug-likeness (QED) is 0.377. The van der Waals surface area contributed by atoms with E-state index in [1.807, 2.05) is 0 Å². The zero-order valence-corrected chi connectivity index (χ0v) is 16.7. The molecule has 26 heavy (non-hydrogen) atoms. The molecule has 0 amide bonds. The van der Waals surface area contributed by atoms with Gasteiger partial charge in [0.2, 0.25) is 0 Å². The van der Waals surface area contributed by atoms with Crippen molar-refractivity contribution in [3.8, 4) is 0 Å². The van der Waals surface area contributed by atoms with Crippen LogP contribution in [0.3, 0.4) is 0 Å². The van der Waals surface area contributed by atoms with E-state index in [4.69, 9.17) is 13.3 Å². The summed E-state index contributed by atoms with van der Waals surface area (Å²) in [5.74, 6) is 0. The average molecular weight is 527 g/mol. The van der Waals surface area contributed by atoms with Crippen molar-refractivity contribution in [1.82, 2.24) is 0 Å². The van der Waals surface area contributed by atoms with Crippen molar-refractivity contribution in [2.75, 3.05) is 0 Å². The molecule has 0 aromatic rings. The molecule has 0 unspecified atom stereocenters. The number of rotatable bonds is 2. The summed E-state index contributed by atoms with van der Waals surface area (Å²) >= 11 is 3.24. The first-order chi connectivity index (χ1) is 10.7. The van der Waals surface area contributed by atoms with Crippen LogP contribution in [0.4, 0.5) is 26.3 Å². The molecule has 0 saturated heterocycles. The third-order valence-electron chi connectivity index (χ3n) is 2.30. The molecule has 0 heterocycles. The van der Waals surface area contributed by atoms with Gasteiger partial charge in [-0.2, -0.15) is 26.3 Å². The molecule has 0 N–H and O–H groups in total. The maximum atomic E-state index is 11.3. The van der Waals surface area contributed by atoms with Gasteiger partial charge in [-0.1, -0.05) is 24.3 Å². The standard InChI is InChI=1S/C8H12.C5H6F6.2Cu.H2O3S2/c1-2-4-6-8-7-5-3-1;6-4(7,8)2-1-3-5(9,10)11;;;1-5(2,3)4/h1-4H,5-8H2;1-3H2;;;(H2,1,2,3,4)/q;;2*+1;/p-2. The van der Waals surface area contributed by atoms with Crippen molar-refractivity contribution in [2.45, 2.75) is 57.3 Å². The molecule has 0 aromatic carbocycles. The summed E-state index contributed by atoms with van der Waals surface area (Å²) in [6.07, 6.45) is 1.42. The Morgan fingerprint density at radius 2 is 1.12 bits per heavy atom. The van der Waals surface area contributed by atoms with Gasteiger partial charge in [-0.3, -0.25) is 4.21 Å². The van der Waals surface area contributed by atoms with Crippen molar-refractivity contribution in [3.63, 3.8) is 0 Å². The van der Waals surface area contributed by atoms with Crippen molar-refractivity contribution >= 4 is 20.2 Å². The van der Waals surface area contributed by atoms with E-state index in [9.17, 15) is 26.3 Å². The first-order valence-corrected chi connectivity index (χ1v) is 9.16. The van der Waals surface area contributed by atoms with Crippen LogP contribution in [0.15, 0.2) is 24.3 Å². The van der Waals surface area contributed by atoms with Crippen LogP contribution in [0.2, 0.25) is 0 Å². The smallest absolute Gasteiger partial charge is 0.780 e. The molecule has 164 valence electrons. The molecular weight excluding hydrogens is 509 g/mol. The molecule has 0 aliphatic heterocycles. The predicted molar refractivity (Wildman–Crippen MR) is 79.8 cm³/mol. The SMILES string of the molecule is C1=CCCCCC=C1.FC(F)(F)CCCC(F)(F)F.O=S([O-])([O-])=S.[Cu+].[Cu+]. The summed E-state index contributed by atoms with van der Waals surface area (Å²) in [6, 6.07) is 0. The Kier molecular flexibility index (Phi) is 22.8. The molecule has 0 fully saturated rings. The summed E-state index contributed by atoms with van der Waals surface area (Å²) in [5.41, 5.74) is 0. The molecular formula is C13H18Cu2F6O3S2. The summed E-state index contributed by atoms with van der Waals surface area (Å²) in [6.45, 7) is 0. The normalized spacial score (nSPS) is 14.2.